The van der Waals surface area contributed by atoms with Crippen LogP contribution in [0.25, 0.3) is 0 Å². The fourth-order valence-electron chi connectivity index (χ4n) is 2.42. The van der Waals surface area contributed by atoms with Gasteiger partial charge in [-0.2, -0.15) is 0 Å². The van der Waals surface area contributed by atoms with Gasteiger partial charge >= 0.3 is 0 Å². The number of likely N-dealkylation sites (tertiary alicyclic amines) is 1. The highest BCUT2D eigenvalue weighted by Gasteiger charge is 2.25. The highest BCUT2D eigenvalue weighted by Crippen LogP contribution is 2.14. The van der Waals surface area contributed by atoms with Gasteiger partial charge in [0.2, 0.25) is 10.0 Å². The lowest BCUT2D eigenvalue weighted by Gasteiger charge is -2.17. The Labute approximate surface area is 98.7 Å². The van der Waals surface area contributed by atoms with Gasteiger partial charge in [0.05, 0.1) is 5.75 Å². The van der Waals surface area contributed by atoms with Crippen molar-refractivity contribution in [1.29, 1.82) is 0 Å². The third-order valence-corrected chi connectivity index (χ3v) is 5.31. The second kappa shape index (κ2) is 5.47. The van der Waals surface area contributed by atoms with Crippen molar-refractivity contribution in [2.75, 3.05) is 38.5 Å². The summed E-state index contributed by atoms with van der Waals surface area (Å²) in [6.45, 7) is 4.55. The smallest absolute Gasteiger partial charge is 0.214 e. The van der Waals surface area contributed by atoms with Gasteiger partial charge in [-0.1, -0.05) is 0 Å². The maximum atomic E-state index is 11.9. The van der Waals surface area contributed by atoms with Crippen LogP contribution in [0.4, 0.5) is 0 Å². The van der Waals surface area contributed by atoms with Crippen molar-refractivity contribution in [2.24, 2.45) is 0 Å². The summed E-state index contributed by atoms with van der Waals surface area (Å²) < 4.78 is 25.4. The molecular formula is C11H21N2O2S. The number of nitrogens with zero attached hydrogens (tertiary/aromatic N) is 2. The van der Waals surface area contributed by atoms with Crippen molar-refractivity contribution in [3.63, 3.8) is 0 Å². The Morgan fingerprint density at radius 2 is 1.88 bits per heavy atom. The molecule has 0 aliphatic carbocycles. The molecule has 1 radical (unpaired) electrons. The summed E-state index contributed by atoms with van der Waals surface area (Å²) in [4.78, 5) is 2.37. The third-order valence-electron chi connectivity index (χ3n) is 3.38. The molecule has 2 heterocycles. The monoisotopic (exact) mass is 245 g/mol. The molecule has 0 aromatic rings. The maximum absolute atomic E-state index is 11.9. The zero-order valence-corrected chi connectivity index (χ0v) is 10.6. The maximum Gasteiger partial charge on any atom is 0.214 e. The minimum Gasteiger partial charge on any atom is -0.303 e. The average Bonchev–Trinajstić information content (AvgIpc) is 2.90. The average molecular weight is 245 g/mol. The summed E-state index contributed by atoms with van der Waals surface area (Å²) in [7, 11) is -2.98. The van der Waals surface area contributed by atoms with Gasteiger partial charge in [-0.05, 0) is 51.7 Å². The Bertz CT molecular complexity index is 304. The van der Waals surface area contributed by atoms with Crippen LogP contribution < -0.4 is 0 Å². The molecule has 0 bridgehead atoms. The summed E-state index contributed by atoms with van der Waals surface area (Å²) in [5, 5.41) is 0. The Morgan fingerprint density at radius 3 is 2.50 bits per heavy atom. The molecule has 0 aromatic carbocycles. The molecule has 0 aromatic heterocycles. The fourth-order valence-corrected chi connectivity index (χ4v) is 3.89. The van der Waals surface area contributed by atoms with Crippen LogP contribution in [0.15, 0.2) is 0 Å². The first-order chi connectivity index (χ1) is 7.68. The molecule has 2 rings (SSSR count). The molecule has 0 amide bonds. The molecule has 16 heavy (non-hydrogen) atoms. The van der Waals surface area contributed by atoms with Gasteiger partial charge in [-0.3, -0.25) is 0 Å². The lowest BCUT2D eigenvalue weighted by molar-refractivity contribution is 0.338. The van der Waals surface area contributed by atoms with Gasteiger partial charge in [0, 0.05) is 13.1 Å². The Kier molecular flexibility index (Phi) is 4.21. The van der Waals surface area contributed by atoms with E-state index in [4.69, 9.17) is 0 Å². The summed E-state index contributed by atoms with van der Waals surface area (Å²) in [5.74, 6) is 0.317. The third kappa shape index (κ3) is 3.18. The summed E-state index contributed by atoms with van der Waals surface area (Å²) in [5.41, 5.74) is 0. The Hall–Kier alpha value is -0.130. The van der Waals surface area contributed by atoms with E-state index in [2.05, 4.69) is 4.90 Å². The van der Waals surface area contributed by atoms with E-state index in [1.165, 1.54) is 12.8 Å². The number of hydrogen-bond donors (Lipinski definition) is 0. The SMILES string of the molecule is O=S(=O)(CCCN1CCCC1)N1C[CH]CC1. The Morgan fingerprint density at radius 1 is 1.12 bits per heavy atom. The van der Waals surface area contributed by atoms with Crippen LogP contribution in [-0.4, -0.2) is 56.1 Å². The zero-order chi connectivity index (χ0) is 11.4. The molecule has 0 unspecified atom stereocenters. The highest BCUT2D eigenvalue weighted by molar-refractivity contribution is 7.89. The molecule has 2 aliphatic heterocycles. The van der Waals surface area contributed by atoms with E-state index in [0.717, 1.165) is 32.5 Å². The molecular weight excluding hydrogens is 224 g/mol. The molecule has 2 saturated heterocycles. The minimum absolute atomic E-state index is 0.317. The van der Waals surface area contributed by atoms with E-state index in [1.807, 2.05) is 6.42 Å². The summed E-state index contributed by atoms with van der Waals surface area (Å²) in [6, 6.07) is 0. The van der Waals surface area contributed by atoms with E-state index < -0.39 is 10.0 Å². The van der Waals surface area contributed by atoms with Crippen molar-refractivity contribution in [1.82, 2.24) is 9.21 Å². The molecule has 0 atom stereocenters. The predicted molar refractivity (Wildman–Crippen MR) is 64.6 cm³/mol. The van der Waals surface area contributed by atoms with Gasteiger partial charge in [-0.15, -0.1) is 0 Å². The van der Waals surface area contributed by atoms with Crippen molar-refractivity contribution in [3.05, 3.63) is 6.42 Å². The van der Waals surface area contributed by atoms with Crippen LogP contribution in [0.3, 0.4) is 0 Å². The molecule has 2 fully saturated rings. The van der Waals surface area contributed by atoms with E-state index in [0.29, 0.717) is 18.8 Å². The van der Waals surface area contributed by atoms with Crippen LogP contribution in [0.1, 0.15) is 25.7 Å². The summed E-state index contributed by atoms with van der Waals surface area (Å²) >= 11 is 0. The van der Waals surface area contributed by atoms with Crippen LogP contribution >= 0.6 is 0 Å². The van der Waals surface area contributed by atoms with E-state index in [1.54, 1.807) is 4.31 Å². The minimum atomic E-state index is -2.98. The quantitative estimate of drug-likeness (QED) is 0.716. The van der Waals surface area contributed by atoms with Crippen molar-refractivity contribution in [2.45, 2.75) is 25.7 Å². The second-order valence-corrected chi connectivity index (χ2v) is 6.74. The first-order valence-electron chi connectivity index (χ1n) is 6.20. The fraction of sp³-hybridized carbons (Fsp3) is 0.909. The molecule has 2 aliphatic rings. The summed E-state index contributed by atoms with van der Waals surface area (Å²) in [6.07, 6.45) is 6.27. The lowest BCUT2D eigenvalue weighted by Crippen LogP contribution is -2.32. The van der Waals surface area contributed by atoms with Gasteiger partial charge in [-0.25, -0.2) is 12.7 Å². The van der Waals surface area contributed by atoms with Crippen molar-refractivity contribution in [3.8, 4) is 0 Å². The zero-order valence-electron chi connectivity index (χ0n) is 9.77. The number of sulfonamides is 1. The number of rotatable bonds is 5. The largest absolute Gasteiger partial charge is 0.303 e. The second-order valence-electron chi connectivity index (χ2n) is 4.65. The first-order valence-corrected chi connectivity index (χ1v) is 7.81. The van der Waals surface area contributed by atoms with Gasteiger partial charge < -0.3 is 4.90 Å². The van der Waals surface area contributed by atoms with Gasteiger partial charge in [0.25, 0.3) is 0 Å². The first kappa shape index (κ1) is 12.3. The van der Waals surface area contributed by atoms with Crippen molar-refractivity contribution >= 4 is 10.0 Å². The van der Waals surface area contributed by atoms with E-state index in [9.17, 15) is 8.42 Å². The van der Waals surface area contributed by atoms with Crippen LogP contribution in [0.5, 0.6) is 0 Å². The standard InChI is InChI=1S/C11H21N2O2S/c14-16(15,13-9-3-4-10-13)11-5-8-12-6-1-2-7-12/h3H,1-2,4-11H2. The van der Waals surface area contributed by atoms with Crippen molar-refractivity contribution < 1.29 is 8.42 Å². The van der Waals surface area contributed by atoms with Crippen LogP contribution in [0.2, 0.25) is 0 Å². The topological polar surface area (TPSA) is 40.6 Å². The van der Waals surface area contributed by atoms with Crippen LogP contribution in [-0.2, 0) is 10.0 Å². The Balaban J connectivity index is 1.71. The molecule has 5 heteroatoms. The normalized spacial score (nSPS) is 24.2. The highest BCUT2D eigenvalue weighted by atomic mass is 32.2. The van der Waals surface area contributed by atoms with Gasteiger partial charge in [0.15, 0.2) is 0 Å². The van der Waals surface area contributed by atoms with Gasteiger partial charge in [0.1, 0.15) is 0 Å². The molecule has 4 nitrogen and oxygen atoms in total. The molecule has 0 spiro atoms. The predicted octanol–water partition coefficient (Wildman–Crippen LogP) is 0.712. The lowest BCUT2D eigenvalue weighted by atomic mass is 10.4. The molecule has 0 N–H and O–H groups in total. The van der Waals surface area contributed by atoms with Crippen LogP contribution in [0, 0.1) is 6.42 Å². The molecule has 0 saturated carbocycles. The van der Waals surface area contributed by atoms with E-state index in [-0.39, 0.29) is 0 Å². The molecule has 93 valence electrons. The van der Waals surface area contributed by atoms with E-state index >= 15 is 0 Å². The number of hydrogen-bond acceptors (Lipinski definition) is 3.